The third-order valence-electron chi connectivity index (χ3n) is 6.76. The van der Waals surface area contributed by atoms with Gasteiger partial charge in [-0.15, -0.1) is 0 Å². The van der Waals surface area contributed by atoms with E-state index in [0.29, 0.717) is 12.5 Å². The summed E-state index contributed by atoms with van der Waals surface area (Å²) in [4.78, 5) is 5.00. The number of nitrogen functional groups attached to an aromatic ring is 1. The van der Waals surface area contributed by atoms with Crippen LogP contribution in [-0.4, -0.2) is 53.7 Å². The molecule has 0 radical (unpaired) electrons. The molecular weight excluding hydrogens is 430 g/mol. The second-order valence-corrected chi connectivity index (χ2v) is 9.42. The van der Waals surface area contributed by atoms with Crippen LogP contribution in [0.5, 0.6) is 0 Å². The summed E-state index contributed by atoms with van der Waals surface area (Å²) in [6.45, 7) is 15.3. The van der Waals surface area contributed by atoms with Crippen LogP contribution >= 0.6 is 0 Å². The molecule has 0 aromatic heterocycles. The van der Waals surface area contributed by atoms with Gasteiger partial charge < -0.3 is 15.7 Å². The minimum absolute atomic E-state index is 0.153. The molecule has 3 rings (SSSR count). The summed E-state index contributed by atoms with van der Waals surface area (Å²) in [7, 11) is 0. The molecule has 1 aliphatic rings. The zero-order chi connectivity index (χ0) is 25.2. The quantitative estimate of drug-likeness (QED) is 0.254. The minimum atomic E-state index is 0.153. The third kappa shape index (κ3) is 7.20. The molecule has 0 unspecified atom stereocenters. The second kappa shape index (κ2) is 13.1. The zero-order valence-corrected chi connectivity index (χ0v) is 21.6. The lowest BCUT2D eigenvalue weighted by Crippen LogP contribution is -2.47. The highest BCUT2D eigenvalue weighted by atomic mass is 16.2. The molecule has 2 aromatic carbocycles. The SMILES string of the molecule is C=CC(=C\C=C(/C)N1CCN(C(C)C)CC1)/C(=C(/CCCO)c1ccccc1)c1ccc(N)cc1. The summed E-state index contributed by atoms with van der Waals surface area (Å²) in [5.74, 6) is 0. The van der Waals surface area contributed by atoms with Crippen molar-refractivity contribution in [2.75, 3.05) is 38.5 Å². The number of allylic oxidation sites excluding steroid dienone is 7. The fourth-order valence-corrected chi connectivity index (χ4v) is 4.63. The first-order chi connectivity index (χ1) is 16.9. The number of aliphatic hydroxyl groups excluding tert-OH is 1. The molecule has 0 atom stereocenters. The number of hydrogen-bond acceptors (Lipinski definition) is 4. The van der Waals surface area contributed by atoms with Gasteiger partial charge in [0.05, 0.1) is 0 Å². The molecule has 4 heteroatoms. The van der Waals surface area contributed by atoms with E-state index >= 15 is 0 Å². The summed E-state index contributed by atoms with van der Waals surface area (Å²) < 4.78 is 0. The Hall–Kier alpha value is -3.08. The van der Waals surface area contributed by atoms with Crippen molar-refractivity contribution in [3.8, 4) is 0 Å². The zero-order valence-electron chi connectivity index (χ0n) is 21.6. The van der Waals surface area contributed by atoms with Gasteiger partial charge in [-0.2, -0.15) is 0 Å². The van der Waals surface area contributed by atoms with E-state index in [2.05, 4.69) is 85.7 Å². The number of piperazine rings is 1. The van der Waals surface area contributed by atoms with Gasteiger partial charge in [-0.05, 0) is 79.7 Å². The van der Waals surface area contributed by atoms with Gasteiger partial charge >= 0.3 is 0 Å². The summed E-state index contributed by atoms with van der Waals surface area (Å²) in [6, 6.07) is 19.1. The van der Waals surface area contributed by atoms with Crippen LogP contribution in [-0.2, 0) is 0 Å². The minimum Gasteiger partial charge on any atom is -0.399 e. The average molecular weight is 472 g/mol. The number of anilines is 1. The standard InChI is InChI=1S/C31H41N3O/c1-5-26(14-13-25(4)34-21-19-33(20-22-34)24(2)3)31(28-15-17-29(32)18-16-28)30(12-9-23-35)27-10-7-6-8-11-27/h5-8,10-11,13-18,24,35H,1,9,12,19-23,32H2,2-4H3/b25-13+,26-14+,31-30+. The molecule has 35 heavy (non-hydrogen) atoms. The lowest BCUT2D eigenvalue weighted by molar-refractivity contribution is 0.130. The summed E-state index contributed by atoms with van der Waals surface area (Å²) in [5.41, 5.74) is 13.7. The van der Waals surface area contributed by atoms with Gasteiger partial charge in [-0.3, -0.25) is 4.90 Å². The monoisotopic (exact) mass is 471 g/mol. The lowest BCUT2D eigenvalue weighted by Gasteiger charge is -2.38. The smallest absolute Gasteiger partial charge is 0.0434 e. The highest BCUT2D eigenvalue weighted by Crippen LogP contribution is 2.36. The molecule has 1 fully saturated rings. The average Bonchev–Trinajstić information content (AvgIpc) is 2.89. The Morgan fingerprint density at radius 2 is 1.63 bits per heavy atom. The van der Waals surface area contributed by atoms with Crippen LogP contribution in [0.15, 0.2) is 90.7 Å². The lowest BCUT2D eigenvalue weighted by atomic mass is 9.86. The van der Waals surface area contributed by atoms with Crippen LogP contribution in [0, 0.1) is 0 Å². The molecule has 1 heterocycles. The summed E-state index contributed by atoms with van der Waals surface area (Å²) >= 11 is 0. The maximum Gasteiger partial charge on any atom is 0.0434 e. The Balaban J connectivity index is 2.04. The summed E-state index contributed by atoms with van der Waals surface area (Å²) in [5, 5.41) is 9.63. The van der Waals surface area contributed by atoms with Crippen molar-refractivity contribution in [3.05, 3.63) is 102 Å². The van der Waals surface area contributed by atoms with E-state index in [1.54, 1.807) is 0 Å². The second-order valence-electron chi connectivity index (χ2n) is 9.42. The van der Waals surface area contributed by atoms with Crippen molar-refractivity contribution < 1.29 is 5.11 Å². The maximum atomic E-state index is 9.63. The first-order valence-corrected chi connectivity index (χ1v) is 12.7. The first kappa shape index (κ1) is 26.5. The van der Waals surface area contributed by atoms with Crippen molar-refractivity contribution in [2.45, 2.75) is 39.7 Å². The van der Waals surface area contributed by atoms with E-state index in [-0.39, 0.29) is 6.61 Å². The molecule has 0 aliphatic carbocycles. The molecule has 3 N–H and O–H groups in total. The Morgan fingerprint density at radius 3 is 2.20 bits per heavy atom. The predicted molar refractivity (Wildman–Crippen MR) is 151 cm³/mol. The van der Waals surface area contributed by atoms with Crippen LogP contribution in [0.4, 0.5) is 5.69 Å². The first-order valence-electron chi connectivity index (χ1n) is 12.7. The van der Waals surface area contributed by atoms with Crippen LogP contribution in [0.2, 0.25) is 0 Å². The van der Waals surface area contributed by atoms with Crippen molar-refractivity contribution in [1.82, 2.24) is 9.80 Å². The Morgan fingerprint density at radius 1 is 0.971 bits per heavy atom. The largest absolute Gasteiger partial charge is 0.399 e. The number of benzene rings is 2. The predicted octanol–water partition coefficient (Wildman–Crippen LogP) is 5.99. The third-order valence-corrected chi connectivity index (χ3v) is 6.76. The van der Waals surface area contributed by atoms with Crippen molar-refractivity contribution in [3.63, 3.8) is 0 Å². The number of rotatable bonds is 10. The van der Waals surface area contributed by atoms with Gasteiger partial charge in [0.25, 0.3) is 0 Å². The molecule has 0 bridgehead atoms. The van der Waals surface area contributed by atoms with Gasteiger partial charge in [0.2, 0.25) is 0 Å². The van der Waals surface area contributed by atoms with Gasteiger partial charge in [0, 0.05) is 50.2 Å². The number of hydrogen-bond donors (Lipinski definition) is 2. The van der Waals surface area contributed by atoms with E-state index in [4.69, 9.17) is 5.73 Å². The number of nitrogens with two attached hydrogens (primary N) is 1. The summed E-state index contributed by atoms with van der Waals surface area (Å²) in [6.07, 6.45) is 7.81. The molecule has 1 aliphatic heterocycles. The topological polar surface area (TPSA) is 52.7 Å². The van der Waals surface area contributed by atoms with Crippen LogP contribution in [0.25, 0.3) is 11.1 Å². The van der Waals surface area contributed by atoms with E-state index in [0.717, 1.165) is 60.6 Å². The maximum absolute atomic E-state index is 9.63. The molecule has 0 saturated carbocycles. The fourth-order valence-electron chi connectivity index (χ4n) is 4.63. The normalized spacial score (nSPS) is 16.4. The Kier molecular flexibility index (Phi) is 9.95. The Bertz CT molecular complexity index is 1040. The number of aliphatic hydroxyl groups is 1. The molecule has 2 aromatic rings. The molecular formula is C31H41N3O. The van der Waals surface area contributed by atoms with E-state index in [9.17, 15) is 5.11 Å². The van der Waals surface area contributed by atoms with Crippen molar-refractivity contribution >= 4 is 16.8 Å². The van der Waals surface area contributed by atoms with Gasteiger partial charge in [-0.25, -0.2) is 0 Å². The molecule has 4 nitrogen and oxygen atoms in total. The van der Waals surface area contributed by atoms with Gasteiger partial charge in [-0.1, -0.05) is 61.2 Å². The van der Waals surface area contributed by atoms with E-state index < -0.39 is 0 Å². The van der Waals surface area contributed by atoms with Crippen LogP contribution in [0.3, 0.4) is 0 Å². The van der Waals surface area contributed by atoms with Crippen LogP contribution < -0.4 is 5.73 Å². The Labute approximate surface area is 211 Å². The van der Waals surface area contributed by atoms with E-state index in [1.165, 1.54) is 11.3 Å². The highest BCUT2D eigenvalue weighted by molar-refractivity contribution is 6.00. The van der Waals surface area contributed by atoms with Gasteiger partial charge in [0.15, 0.2) is 0 Å². The fraction of sp³-hybridized carbons (Fsp3) is 0.355. The van der Waals surface area contributed by atoms with Gasteiger partial charge in [0.1, 0.15) is 0 Å². The molecule has 186 valence electrons. The highest BCUT2D eigenvalue weighted by Gasteiger charge is 2.19. The van der Waals surface area contributed by atoms with Crippen LogP contribution in [0.1, 0.15) is 44.7 Å². The van der Waals surface area contributed by atoms with E-state index in [1.807, 2.05) is 24.3 Å². The molecule has 1 saturated heterocycles. The molecule has 0 spiro atoms. The van der Waals surface area contributed by atoms with Crippen molar-refractivity contribution in [1.29, 1.82) is 0 Å². The van der Waals surface area contributed by atoms with Crippen molar-refractivity contribution in [2.24, 2.45) is 0 Å². The number of nitrogens with zero attached hydrogens (tertiary/aromatic N) is 2. The molecule has 0 amide bonds.